The molecule has 8 heteroatoms. The Morgan fingerprint density at radius 1 is 1.19 bits per heavy atom. The molecule has 3 rings (SSSR count). The molecular formula is C23H24ClFN2O4. The van der Waals surface area contributed by atoms with Crippen molar-refractivity contribution in [1.29, 1.82) is 0 Å². The first-order valence-corrected chi connectivity index (χ1v) is 10.2. The number of carbonyl (C=O) groups excluding carboxylic acids is 2. The molecule has 1 amide bonds. The third kappa shape index (κ3) is 4.73. The van der Waals surface area contributed by atoms with Crippen molar-refractivity contribution in [2.75, 3.05) is 33.8 Å². The molecule has 1 heterocycles. The van der Waals surface area contributed by atoms with E-state index in [-0.39, 0.29) is 28.5 Å². The van der Waals surface area contributed by atoms with Crippen LogP contribution in [0.5, 0.6) is 5.75 Å². The van der Waals surface area contributed by atoms with Gasteiger partial charge in [0.15, 0.2) is 0 Å². The molecule has 0 aromatic heterocycles. The zero-order valence-corrected chi connectivity index (χ0v) is 18.3. The minimum absolute atomic E-state index is 0.0596. The van der Waals surface area contributed by atoms with Crippen molar-refractivity contribution < 1.29 is 23.8 Å². The normalized spacial score (nSPS) is 18.1. The fourth-order valence-corrected chi connectivity index (χ4v) is 3.72. The molecule has 0 bridgehead atoms. The van der Waals surface area contributed by atoms with Gasteiger partial charge in [-0.25, -0.2) is 4.39 Å². The standard InChI is InChI=1S/C23H24ClFN2O4/c1-4-31-18-10-7-15(13-17(18)24)21(28)19-20(14-5-8-16(25)9-6-14)27(12-11-26(2)3)23(30)22(19)29/h5-10,13,20,28H,4,11-12H2,1-3H3. The lowest BCUT2D eigenvalue weighted by molar-refractivity contribution is -0.140. The first kappa shape index (κ1) is 22.8. The highest BCUT2D eigenvalue weighted by atomic mass is 35.5. The number of hydrogen-bond acceptors (Lipinski definition) is 5. The predicted molar refractivity (Wildman–Crippen MR) is 117 cm³/mol. The van der Waals surface area contributed by atoms with Crippen molar-refractivity contribution in [2.24, 2.45) is 0 Å². The third-order valence-electron chi connectivity index (χ3n) is 5.02. The minimum Gasteiger partial charge on any atom is -0.507 e. The lowest BCUT2D eigenvalue weighted by atomic mass is 9.95. The number of likely N-dealkylation sites (N-methyl/N-ethyl adjacent to an activating group) is 1. The Hall–Kier alpha value is -2.90. The van der Waals surface area contributed by atoms with Gasteiger partial charge >= 0.3 is 0 Å². The van der Waals surface area contributed by atoms with Crippen molar-refractivity contribution in [3.63, 3.8) is 0 Å². The van der Waals surface area contributed by atoms with E-state index in [0.717, 1.165) is 0 Å². The van der Waals surface area contributed by atoms with Gasteiger partial charge in [0.25, 0.3) is 11.7 Å². The number of ether oxygens (including phenoxy) is 1. The summed E-state index contributed by atoms with van der Waals surface area (Å²) in [5.41, 5.74) is 0.750. The number of hydrogen-bond donors (Lipinski definition) is 1. The van der Waals surface area contributed by atoms with E-state index in [4.69, 9.17) is 16.3 Å². The molecule has 164 valence electrons. The summed E-state index contributed by atoms with van der Waals surface area (Å²) in [6, 6.07) is 9.34. The van der Waals surface area contributed by atoms with Gasteiger partial charge in [0.2, 0.25) is 0 Å². The van der Waals surface area contributed by atoms with Gasteiger partial charge in [0, 0.05) is 18.7 Å². The molecule has 1 fully saturated rings. The van der Waals surface area contributed by atoms with E-state index in [2.05, 4.69) is 0 Å². The second-order valence-corrected chi connectivity index (χ2v) is 7.83. The molecule has 1 unspecified atom stereocenters. The lowest BCUT2D eigenvalue weighted by Crippen LogP contribution is -2.35. The van der Waals surface area contributed by atoms with Crippen molar-refractivity contribution >= 4 is 29.1 Å². The van der Waals surface area contributed by atoms with Crippen LogP contribution in [-0.2, 0) is 9.59 Å². The van der Waals surface area contributed by atoms with Crippen LogP contribution >= 0.6 is 11.6 Å². The first-order valence-electron chi connectivity index (χ1n) is 9.86. The van der Waals surface area contributed by atoms with Gasteiger partial charge in [-0.05, 0) is 56.9 Å². The summed E-state index contributed by atoms with van der Waals surface area (Å²) in [4.78, 5) is 29.0. The number of ketones is 1. The summed E-state index contributed by atoms with van der Waals surface area (Å²) >= 11 is 6.24. The van der Waals surface area contributed by atoms with Crippen LogP contribution in [0.4, 0.5) is 4.39 Å². The predicted octanol–water partition coefficient (Wildman–Crippen LogP) is 3.86. The van der Waals surface area contributed by atoms with Crippen molar-refractivity contribution in [3.05, 3.63) is 70.0 Å². The summed E-state index contributed by atoms with van der Waals surface area (Å²) < 4.78 is 18.9. The number of aliphatic hydroxyl groups excluding tert-OH is 1. The number of benzene rings is 2. The Balaban J connectivity index is 2.12. The van der Waals surface area contributed by atoms with Crippen LogP contribution in [-0.4, -0.2) is 60.4 Å². The van der Waals surface area contributed by atoms with E-state index in [1.165, 1.54) is 35.2 Å². The molecule has 0 spiro atoms. The fourth-order valence-electron chi connectivity index (χ4n) is 3.49. The number of halogens is 2. The molecule has 1 aliphatic heterocycles. The van der Waals surface area contributed by atoms with E-state index in [0.29, 0.717) is 24.5 Å². The molecule has 1 aliphatic rings. The van der Waals surface area contributed by atoms with Crippen molar-refractivity contribution in [2.45, 2.75) is 13.0 Å². The molecule has 6 nitrogen and oxygen atoms in total. The maximum Gasteiger partial charge on any atom is 0.295 e. The number of likely N-dealkylation sites (tertiary alicyclic amines) is 1. The average Bonchev–Trinajstić information content (AvgIpc) is 2.98. The summed E-state index contributed by atoms with van der Waals surface area (Å²) in [6.45, 7) is 3.02. The Kier molecular flexibility index (Phi) is 6.97. The molecule has 1 N–H and O–H groups in total. The topological polar surface area (TPSA) is 70.1 Å². The third-order valence-corrected chi connectivity index (χ3v) is 5.31. The monoisotopic (exact) mass is 446 g/mol. The minimum atomic E-state index is -0.842. The van der Waals surface area contributed by atoms with Crippen LogP contribution in [0.25, 0.3) is 5.76 Å². The van der Waals surface area contributed by atoms with Gasteiger partial charge < -0.3 is 19.6 Å². The number of aliphatic hydroxyl groups is 1. The quantitative estimate of drug-likeness (QED) is 0.397. The number of amides is 1. The summed E-state index contributed by atoms with van der Waals surface area (Å²) in [6.07, 6.45) is 0. The largest absolute Gasteiger partial charge is 0.507 e. The zero-order valence-electron chi connectivity index (χ0n) is 17.6. The van der Waals surface area contributed by atoms with Crippen LogP contribution in [0.1, 0.15) is 24.1 Å². The Morgan fingerprint density at radius 3 is 2.45 bits per heavy atom. The molecule has 31 heavy (non-hydrogen) atoms. The SMILES string of the molecule is CCOc1ccc(C(O)=C2C(=O)C(=O)N(CCN(C)C)C2c2ccc(F)cc2)cc1Cl. The molecular weight excluding hydrogens is 423 g/mol. The van der Waals surface area contributed by atoms with E-state index in [1.54, 1.807) is 12.1 Å². The van der Waals surface area contributed by atoms with Gasteiger partial charge in [-0.2, -0.15) is 0 Å². The molecule has 1 saturated heterocycles. The molecule has 0 radical (unpaired) electrons. The maximum atomic E-state index is 13.5. The number of Topliss-reactive ketones (excluding diaryl/α,β-unsaturated/α-hetero) is 1. The number of carbonyl (C=O) groups is 2. The molecule has 2 aromatic carbocycles. The number of rotatable bonds is 7. The van der Waals surface area contributed by atoms with Gasteiger partial charge in [-0.3, -0.25) is 9.59 Å². The summed E-state index contributed by atoms with van der Waals surface area (Å²) in [5.74, 6) is -1.84. The Morgan fingerprint density at radius 2 is 1.87 bits per heavy atom. The highest BCUT2D eigenvalue weighted by molar-refractivity contribution is 6.46. The van der Waals surface area contributed by atoms with Gasteiger partial charge in [0.05, 0.1) is 23.2 Å². The smallest absolute Gasteiger partial charge is 0.295 e. The van der Waals surface area contributed by atoms with E-state index in [9.17, 15) is 19.1 Å². The van der Waals surface area contributed by atoms with Crippen molar-refractivity contribution in [3.8, 4) is 5.75 Å². The summed E-state index contributed by atoms with van der Waals surface area (Å²) in [7, 11) is 3.71. The highest BCUT2D eigenvalue weighted by Gasteiger charge is 2.45. The molecule has 2 aromatic rings. The second kappa shape index (κ2) is 9.49. The Bertz CT molecular complexity index is 1020. The Labute approximate surface area is 185 Å². The molecule has 0 saturated carbocycles. The van der Waals surface area contributed by atoms with Crippen LogP contribution < -0.4 is 4.74 Å². The average molecular weight is 447 g/mol. The van der Waals surface area contributed by atoms with Gasteiger partial charge in [-0.15, -0.1) is 0 Å². The van der Waals surface area contributed by atoms with Gasteiger partial charge in [0.1, 0.15) is 17.3 Å². The van der Waals surface area contributed by atoms with Gasteiger partial charge in [-0.1, -0.05) is 23.7 Å². The second-order valence-electron chi connectivity index (χ2n) is 7.43. The van der Waals surface area contributed by atoms with Crippen LogP contribution in [0.15, 0.2) is 48.0 Å². The van der Waals surface area contributed by atoms with E-state index < -0.39 is 23.5 Å². The van der Waals surface area contributed by atoms with Crippen LogP contribution in [0.3, 0.4) is 0 Å². The maximum absolute atomic E-state index is 13.5. The molecule has 0 aliphatic carbocycles. The first-order chi connectivity index (χ1) is 14.7. The van der Waals surface area contributed by atoms with Crippen molar-refractivity contribution in [1.82, 2.24) is 9.80 Å². The lowest BCUT2D eigenvalue weighted by Gasteiger charge is -2.26. The fraction of sp³-hybridized carbons (Fsp3) is 0.304. The van der Waals surface area contributed by atoms with Crippen LogP contribution in [0.2, 0.25) is 5.02 Å². The summed E-state index contributed by atoms with van der Waals surface area (Å²) in [5, 5.41) is 11.3. The highest BCUT2D eigenvalue weighted by Crippen LogP contribution is 2.40. The number of nitrogens with zero attached hydrogens (tertiary/aromatic N) is 2. The van der Waals surface area contributed by atoms with Crippen LogP contribution in [0, 0.1) is 5.82 Å². The zero-order chi connectivity index (χ0) is 22.7. The van der Waals surface area contributed by atoms with E-state index in [1.807, 2.05) is 25.9 Å². The van der Waals surface area contributed by atoms with E-state index >= 15 is 0 Å². The molecule has 1 atom stereocenters.